The summed E-state index contributed by atoms with van der Waals surface area (Å²) in [7, 11) is 0. The minimum Gasteiger partial charge on any atom is -0.324 e. The molecule has 1 atom stereocenters. The predicted octanol–water partition coefficient (Wildman–Crippen LogP) is 2.16. The zero-order chi connectivity index (χ0) is 11.8. The maximum atomic E-state index is 5.95. The molecular weight excluding hydrogens is 212 g/mol. The first-order chi connectivity index (χ1) is 8.25. The van der Waals surface area contributed by atoms with Crippen molar-refractivity contribution in [1.82, 2.24) is 14.8 Å². The number of hydrogen-bond acceptors (Lipinski definition) is 3. The van der Waals surface area contributed by atoms with Crippen LogP contribution in [0, 0.1) is 0 Å². The van der Waals surface area contributed by atoms with Gasteiger partial charge < -0.3 is 5.73 Å². The Morgan fingerprint density at radius 1 is 1.41 bits per heavy atom. The molecule has 0 aliphatic heterocycles. The van der Waals surface area contributed by atoms with Gasteiger partial charge in [-0.1, -0.05) is 6.07 Å². The molecule has 0 spiro atoms. The normalized spacial score (nSPS) is 17.1. The standard InChI is InChI=1S/C13H16N4/c1-9(14)11-3-2-7-15-13(11)17-8-6-12(16-17)10-4-5-10/h2-3,6-10H,4-5,14H2,1H3. The van der Waals surface area contributed by atoms with Crippen LogP contribution in [0.2, 0.25) is 0 Å². The average molecular weight is 228 g/mol. The summed E-state index contributed by atoms with van der Waals surface area (Å²) in [4.78, 5) is 4.38. The summed E-state index contributed by atoms with van der Waals surface area (Å²) in [5.74, 6) is 1.51. The van der Waals surface area contributed by atoms with Gasteiger partial charge in [0.15, 0.2) is 5.82 Å². The minimum absolute atomic E-state index is 0.0349. The van der Waals surface area contributed by atoms with Crippen LogP contribution < -0.4 is 5.73 Å². The van der Waals surface area contributed by atoms with E-state index in [1.54, 1.807) is 6.20 Å². The number of nitrogens with zero attached hydrogens (tertiary/aromatic N) is 3. The third-order valence-electron chi connectivity index (χ3n) is 3.13. The van der Waals surface area contributed by atoms with Crippen molar-refractivity contribution in [3.63, 3.8) is 0 Å². The molecule has 88 valence electrons. The van der Waals surface area contributed by atoms with Crippen molar-refractivity contribution in [2.75, 3.05) is 0 Å². The van der Waals surface area contributed by atoms with Gasteiger partial charge in [0.1, 0.15) is 0 Å². The second-order valence-corrected chi connectivity index (χ2v) is 4.66. The molecular formula is C13H16N4. The summed E-state index contributed by atoms with van der Waals surface area (Å²) in [6.45, 7) is 1.96. The molecule has 0 saturated heterocycles. The lowest BCUT2D eigenvalue weighted by Gasteiger charge is -2.10. The zero-order valence-corrected chi connectivity index (χ0v) is 9.87. The van der Waals surface area contributed by atoms with Gasteiger partial charge in [-0.25, -0.2) is 9.67 Å². The number of nitrogens with two attached hydrogens (primary N) is 1. The van der Waals surface area contributed by atoms with E-state index in [0.717, 1.165) is 11.4 Å². The molecule has 4 nitrogen and oxygen atoms in total. The molecule has 2 heterocycles. The predicted molar refractivity (Wildman–Crippen MR) is 65.9 cm³/mol. The first-order valence-corrected chi connectivity index (χ1v) is 6.02. The van der Waals surface area contributed by atoms with Gasteiger partial charge in [-0.05, 0) is 31.9 Å². The molecule has 0 bridgehead atoms. The summed E-state index contributed by atoms with van der Waals surface area (Å²) in [5.41, 5.74) is 8.15. The van der Waals surface area contributed by atoms with Crippen molar-refractivity contribution < 1.29 is 0 Å². The van der Waals surface area contributed by atoms with E-state index >= 15 is 0 Å². The molecule has 17 heavy (non-hydrogen) atoms. The summed E-state index contributed by atoms with van der Waals surface area (Å²) in [6.07, 6.45) is 6.28. The van der Waals surface area contributed by atoms with E-state index < -0.39 is 0 Å². The molecule has 2 aromatic rings. The summed E-state index contributed by atoms with van der Waals surface area (Å²) < 4.78 is 1.84. The Kier molecular flexibility index (Phi) is 2.44. The molecule has 1 fully saturated rings. The number of aromatic nitrogens is 3. The Bertz CT molecular complexity index is 526. The molecule has 1 unspecified atom stereocenters. The summed E-state index contributed by atoms with van der Waals surface area (Å²) in [5, 5.41) is 4.58. The summed E-state index contributed by atoms with van der Waals surface area (Å²) >= 11 is 0. The van der Waals surface area contributed by atoms with E-state index in [-0.39, 0.29) is 6.04 Å². The Morgan fingerprint density at radius 2 is 2.24 bits per heavy atom. The minimum atomic E-state index is -0.0349. The molecule has 3 rings (SSSR count). The lowest BCUT2D eigenvalue weighted by atomic mass is 10.1. The fraction of sp³-hybridized carbons (Fsp3) is 0.385. The lowest BCUT2D eigenvalue weighted by molar-refractivity contribution is 0.751. The third-order valence-corrected chi connectivity index (χ3v) is 3.13. The molecule has 1 aliphatic rings. The molecule has 2 N–H and O–H groups in total. The second kappa shape index (κ2) is 3.96. The van der Waals surface area contributed by atoms with Crippen LogP contribution in [0.1, 0.15) is 43.0 Å². The smallest absolute Gasteiger partial charge is 0.158 e. The van der Waals surface area contributed by atoms with Crippen LogP contribution in [-0.4, -0.2) is 14.8 Å². The first kappa shape index (κ1) is 10.5. The van der Waals surface area contributed by atoms with E-state index in [2.05, 4.69) is 16.1 Å². The van der Waals surface area contributed by atoms with Crippen LogP contribution in [0.4, 0.5) is 0 Å². The molecule has 1 aliphatic carbocycles. The van der Waals surface area contributed by atoms with Crippen molar-refractivity contribution in [2.45, 2.75) is 31.7 Å². The largest absolute Gasteiger partial charge is 0.324 e. The second-order valence-electron chi connectivity index (χ2n) is 4.66. The molecule has 0 amide bonds. The van der Waals surface area contributed by atoms with Crippen molar-refractivity contribution in [1.29, 1.82) is 0 Å². The SMILES string of the molecule is CC(N)c1cccnc1-n1ccc(C2CC2)n1. The van der Waals surface area contributed by atoms with Gasteiger partial charge in [-0.2, -0.15) is 5.10 Å². The van der Waals surface area contributed by atoms with Crippen LogP contribution >= 0.6 is 0 Å². The van der Waals surface area contributed by atoms with E-state index in [4.69, 9.17) is 5.73 Å². The van der Waals surface area contributed by atoms with Crippen LogP contribution in [0.5, 0.6) is 0 Å². The van der Waals surface area contributed by atoms with Gasteiger partial charge in [0.2, 0.25) is 0 Å². The first-order valence-electron chi connectivity index (χ1n) is 6.02. The molecule has 2 aromatic heterocycles. The Hall–Kier alpha value is -1.68. The Balaban J connectivity index is 2.01. The molecule has 0 aromatic carbocycles. The van der Waals surface area contributed by atoms with Gasteiger partial charge in [-0.15, -0.1) is 0 Å². The highest BCUT2D eigenvalue weighted by atomic mass is 15.3. The highest BCUT2D eigenvalue weighted by molar-refractivity contribution is 5.35. The quantitative estimate of drug-likeness (QED) is 0.875. The maximum Gasteiger partial charge on any atom is 0.158 e. The molecule has 4 heteroatoms. The fourth-order valence-corrected chi connectivity index (χ4v) is 2.01. The molecule has 1 saturated carbocycles. The lowest BCUT2D eigenvalue weighted by Crippen LogP contribution is -2.11. The number of pyridine rings is 1. The van der Waals surface area contributed by atoms with E-state index in [1.807, 2.05) is 29.9 Å². The monoisotopic (exact) mass is 228 g/mol. The van der Waals surface area contributed by atoms with Gasteiger partial charge >= 0.3 is 0 Å². The van der Waals surface area contributed by atoms with Crippen LogP contribution in [0.3, 0.4) is 0 Å². The highest BCUT2D eigenvalue weighted by Gasteiger charge is 2.26. The Labute approximate surface area is 100 Å². The number of hydrogen-bond donors (Lipinski definition) is 1. The third kappa shape index (κ3) is 1.96. The highest BCUT2D eigenvalue weighted by Crippen LogP contribution is 2.39. The maximum absolute atomic E-state index is 5.95. The van der Waals surface area contributed by atoms with Crippen molar-refractivity contribution in [3.8, 4) is 5.82 Å². The average Bonchev–Trinajstić information content (AvgIpc) is 3.07. The van der Waals surface area contributed by atoms with Crippen molar-refractivity contribution in [3.05, 3.63) is 41.9 Å². The fourth-order valence-electron chi connectivity index (χ4n) is 2.01. The van der Waals surface area contributed by atoms with Crippen LogP contribution in [-0.2, 0) is 0 Å². The van der Waals surface area contributed by atoms with Gasteiger partial charge in [0.05, 0.1) is 5.69 Å². The molecule has 0 radical (unpaired) electrons. The van der Waals surface area contributed by atoms with Crippen LogP contribution in [0.15, 0.2) is 30.6 Å². The van der Waals surface area contributed by atoms with Gasteiger partial charge in [-0.3, -0.25) is 0 Å². The van der Waals surface area contributed by atoms with Crippen LogP contribution in [0.25, 0.3) is 5.82 Å². The van der Waals surface area contributed by atoms with Gasteiger partial charge in [0, 0.05) is 29.9 Å². The Morgan fingerprint density at radius 3 is 2.94 bits per heavy atom. The van der Waals surface area contributed by atoms with Crippen molar-refractivity contribution >= 4 is 0 Å². The summed E-state index contributed by atoms with van der Waals surface area (Å²) in [6, 6.07) is 5.96. The topological polar surface area (TPSA) is 56.7 Å². The number of rotatable bonds is 3. The van der Waals surface area contributed by atoms with E-state index in [9.17, 15) is 0 Å². The van der Waals surface area contributed by atoms with Crippen molar-refractivity contribution in [2.24, 2.45) is 5.73 Å². The van der Waals surface area contributed by atoms with E-state index in [0.29, 0.717) is 5.92 Å². The van der Waals surface area contributed by atoms with E-state index in [1.165, 1.54) is 18.5 Å². The van der Waals surface area contributed by atoms with Gasteiger partial charge in [0.25, 0.3) is 0 Å². The zero-order valence-electron chi connectivity index (χ0n) is 9.87.